The van der Waals surface area contributed by atoms with Crippen LogP contribution >= 0.6 is 0 Å². The Balaban J connectivity index is 0. The molecule has 1 rings (SSSR count). The van der Waals surface area contributed by atoms with Crippen molar-refractivity contribution in [3.05, 3.63) is 42.0 Å². The van der Waals surface area contributed by atoms with E-state index in [0.29, 0.717) is 11.1 Å². The van der Waals surface area contributed by atoms with Gasteiger partial charge in [-0.2, -0.15) is 0 Å². The van der Waals surface area contributed by atoms with Crippen molar-refractivity contribution in [1.29, 1.82) is 0 Å². The molecular formula is C9H9KO2. The van der Waals surface area contributed by atoms with Crippen LogP contribution in [0.4, 0.5) is 0 Å². The molecule has 0 aromatic heterocycles. The van der Waals surface area contributed by atoms with Gasteiger partial charge in [-0.1, -0.05) is 30.9 Å². The molecule has 0 aliphatic heterocycles. The summed E-state index contributed by atoms with van der Waals surface area (Å²) < 4.78 is 0. The number of carboxylic acids is 1. The number of hydrogen-bond donors (Lipinski definition) is 1. The standard InChI is InChI=1S/C9H8O2.K.H/c1-2-7-5-3-4-6-8(7)9(10)11;;/h2-6H,1H2,(H,10,11);;/q;+1;-1. The second-order valence-electron chi connectivity index (χ2n) is 2.10. The molecule has 1 aromatic rings. The van der Waals surface area contributed by atoms with Gasteiger partial charge in [0.05, 0.1) is 5.56 Å². The molecule has 3 heteroatoms. The fraction of sp³-hybridized carbons (Fsp3) is 0. The van der Waals surface area contributed by atoms with E-state index in [1.165, 1.54) is 6.08 Å². The molecular weight excluding hydrogens is 179 g/mol. The van der Waals surface area contributed by atoms with E-state index in [1.54, 1.807) is 24.3 Å². The van der Waals surface area contributed by atoms with Crippen LogP contribution in [0.3, 0.4) is 0 Å². The van der Waals surface area contributed by atoms with Crippen LogP contribution in [0, 0.1) is 0 Å². The van der Waals surface area contributed by atoms with Crippen molar-refractivity contribution in [3.8, 4) is 0 Å². The first-order valence-corrected chi connectivity index (χ1v) is 3.20. The predicted molar refractivity (Wildman–Crippen MR) is 44.6 cm³/mol. The van der Waals surface area contributed by atoms with Crippen LogP contribution in [0.5, 0.6) is 0 Å². The maximum Gasteiger partial charge on any atom is 1.00 e. The average Bonchev–Trinajstić information content (AvgIpc) is 2.04. The smallest absolute Gasteiger partial charge is 1.00 e. The molecule has 0 saturated heterocycles. The van der Waals surface area contributed by atoms with Gasteiger partial charge in [-0.25, -0.2) is 4.79 Å². The van der Waals surface area contributed by atoms with E-state index in [2.05, 4.69) is 6.58 Å². The predicted octanol–water partition coefficient (Wildman–Crippen LogP) is -0.856. The third kappa shape index (κ3) is 2.84. The van der Waals surface area contributed by atoms with Crippen molar-refractivity contribution in [2.45, 2.75) is 0 Å². The number of hydrogen-bond acceptors (Lipinski definition) is 1. The molecule has 12 heavy (non-hydrogen) atoms. The van der Waals surface area contributed by atoms with Crippen LogP contribution in [0.15, 0.2) is 30.8 Å². The Morgan fingerprint density at radius 1 is 1.50 bits per heavy atom. The zero-order valence-electron chi connectivity index (χ0n) is 7.95. The quantitative estimate of drug-likeness (QED) is 0.614. The van der Waals surface area contributed by atoms with E-state index >= 15 is 0 Å². The third-order valence-corrected chi connectivity index (χ3v) is 1.41. The Morgan fingerprint density at radius 2 is 2.08 bits per heavy atom. The molecule has 0 heterocycles. The Labute approximate surface area is 115 Å². The Morgan fingerprint density at radius 3 is 2.50 bits per heavy atom. The normalized spacial score (nSPS) is 8.33. The van der Waals surface area contributed by atoms with Gasteiger partial charge in [0.25, 0.3) is 0 Å². The van der Waals surface area contributed by atoms with Gasteiger partial charge in [0.2, 0.25) is 0 Å². The summed E-state index contributed by atoms with van der Waals surface area (Å²) >= 11 is 0. The minimum atomic E-state index is -0.916. The summed E-state index contributed by atoms with van der Waals surface area (Å²) in [6, 6.07) is 6.75. The van der Waals surface area contributed by atoms with Crippen molar-refractivity contribution in [1.82, 2.24) is 0 Å². The van der Waals surface area contributed by atoms with Crippen LogP contribution in [0.25, 0.3) is 6.08 Å². The molecule has 0 bridgehead atoms. The molecule has 1 N–H and O–H groups in total. The maximum absolute atomic E-state index is 10.5. The van der Waals surface area contributed by atoms with E-state index in [9.17, 15) is 4.79 Å². The molecule has 0 unspecified atom stereocenters. The van der Waals surface area contributed by atoms with E-state index in [4.69, 9.17) is 5.11 Å². The van der Waals surface area contributed by atoms with E-state index in [1.807, 2.05) is 0 Å². The summed E-state index contributed by atoms with van der Waals surface area (Å²) in [6.07, 6.45) is 1.53. The van der Waals surface area contributed by atoms with Gasteiger partial charge in [0, 0.05) is 0 Å². The molecule has 58 valence electrons. The zero-order chi connectivity index (χ0) is 8.27. The first kappa shape index (κ1) is 12.1. The SMILES string of the molecule is C=Cc1ccccc1C(=O)O.[H-].[K+]. The van der Waals surface area contributed by atoms with Gasteiger partial charge in [-0.3, -0.25) is 0 Å². The first-order chi connectivity index (χ1) is 5.25. The number of carbonyl (C=O) groups is 1. The summed E-state index contributed by atoms with van der Waals surface area (Å²) in [5.74, 6) is -0.916. The summed E-state index contributed by atoms with van der Waals surface area (Å²) in [7, 11) is 0. The molecule has 0 aliphatic carbocycles. The monoisotopic (exact) mass is 188 g/mol. The van der Waals surface area contributed by atoms with Gasteiger partial charge >= 0.3 is 57.4 Å². The van der Waals surface area contributed by atoms with Crippen LogP contribution in [0.2, 0.25) is 0 Å². The molecule has 2 nitrogen and oxygen atoms in total. The Kier molecular flexibility index (Phi) is 5.70. The summed E-state index contributed by atoms with van der Waals surface area (Å²) in [4.78, 5) is 10.5. The van der Waals surface area contributed by atoms with Crippen LogP contribution in [0.1, 0.15) is 17.3 Å². The molecule has 1 aromatic carbocycles. The average molecular weight is 188 g/mol. The Hall–Kier alpha value is 0.0664. The molecule has 0 aliphatic rings. The van der Waals surface area contributed by atoms with Crippen molar-refractivity contribution in [3.63, 3.8) is 0 Å². The van der Waals surface area contributed by atoms with Gasteiger partial charge in [-0.05, 0) is 11.6 Å². The second kappa shape index (κ2) is 5.67. The summed E-state index contributed by atoms with van der Waals surface area (Å²) in [6.45, 7) is 3.51. The van der Waals surface area contributed by atoms with Crippen LogP contribution in [-0.2, 0) is 0 Å². The van der Waals surface area contributed by atoms with Gasteiger partial charge in [-0.15, -0.1) is 0 Å². The molecule has 0 amide bonds. The molecule has 0 fully saturated rings. The Bertz CT molecular complexity index is 299. The third-order valence-electron chi connectivity index (χ3n) is 1.41. The van der Waals surface area contributed by atoms with E-state index < -0.39 is 5.97 Å². The largest absolute Gasteiger partial charge is 1.00 e. The van der Waals surface area contributed by atoms with Crippen LogP contribution < -0.4 is 51.4 Å². The molecule has 0 atom stereocenters. The minimum absolute atomic E-state index is 0. The van der Waals surface area contributed by atoms with Crippen molar-refractivity contribution < 1.29 is 62.7 Å². The number of benzene rings is 1. The molecule has 0 radical (unpaired) electrons. The van der Waals surface area contributed by atoms with Crippen molar-refractivity contribution in [2.24, 2.45) is 0 Å². The minimum Gasteiger partial charge on any atom is -1.00 e. The fourth-order valence-corrected chi connectivity index (χ4v) is 0.870. The fourth-order valence-electron chi connectivity index (χ4n) is 0.870. The number of carboxylic acid groups (broad SMARTS) is 1. The van der Waals surface area contributed by atoms with E-state index in [0.717, 1.165) is 0 Å². The number of rotatable bonds is 2. The number of aromatic carboxylic acids is 1. The van der Waals surface area contributed by atoms with Crippen molar-refractivity contribution in [2.75, 3.05) is 0 Å². The molecule has 0 spiro atoms. The first-order valence-electron chi connectivity index (χ1n) is 3.20. The van der Waals surface area contributed by atoms with Crippen molar-refractivity contribution >= 4 is 12.0 Å². The maximum atomic E-state index is 10.5. The second-order valence-corrected chi connectivity index (χ2v) is 2.10. The van der Waals surface area contributed by atoms with Gasteiger partial charge in [0.15, 0.2) is 0 Å². The molecule has 0 saturated carbocycles. The summed E-state index contributed by atoms with van der Waals surface area (Å²) in [5, 5.41) is 8.65. The van der Waals surface area contributed by atoms with E-state index in [-0.39, 0.29) is 52.8 Å². The zero-order valence-corrected chi connectivity index (χ0v) is 10.1. The van der Waals surface area contributed by atoms with Gasteiger partial charge in [0.1, 0.15) is 0 Å². The topological polar surface area (TPSA) is 37.3 Å². The van der Waals surface area contributed by atoms with Gasteiger partial charge < -0.3 is 6.53 Å². The summed E-state index contributed by atoms with van der Waals surface area (Å²) in [5.41, 5.74) is 0.947. The van der Waals surface area contributed by atoms with Crippen LogP contribution in [-0.4, -0.2) is 11.1 Å².